The molecule has 0 atom stereocenters. The van der Waals surface area contributed by atoms with Gasteiger partial charge in [0.1, 0.15) is 12.3 Å². The van der Waals surface area contributed by atoms with Crippen LogP contribution in [0.3, 0.4) is 0 Å². The number of aromatic nitrogens is 2. The predicted octanol–water partition coefficient (Wildman–Crippen LogP) is 0.969. The molecule has 3 rings (SSSR count). The minimum Gasteiger partial charge on any atom is -0.443 e. The van der Waals surface area contributed by atoms with Gasteiger partial charge >= 0.3 is 6.09 Å². The number of ether oxygens (including phenoxy) is 1. The molecule has 2 heterocycles. The molecule has 1 aromatic heterocycles. The zero-order valence-electron chi connectivity index (χ0n) is 13.3. The summed E-state index contributed by atoms with van der Waals surface area (Å²) in [5.41, 5.74) is 5.38. The lowest BCUT2D eigenvalue weighted by Crippen LogP contribution is -2.44. The van der Waals surface area contributed by atoms with Gasteiger partial charge in [0.2, 0.25) is 0 Å². The Morgan fingerprint density at radius 3 is 2.92 bits per heavy atom. The molecule has 8 heteroatoms. The highest BCUT2D eigenvalue weighted by atomic mass is 16.6. The Balaban J connectivity index is 1.56. The van der Waals surface area contributed by atoms with Crippen LogP contribution in [0.1, 0.15) is 27.3 Å². The first-order valence-electron chi connectivity index (χ1n) is 7.67. The van der Waals surface area contributed by atoms with E-state index in [1.165, 1.54) is 7.05 Å². The van der Waals surface area contributed by atoms with Crippen LogP contribution in [0.5, 0.6) is 0 Å². The fourth-order valence-electron chi connectivity index (χ4n) is 2.51. The number of hydrogen-bond donors (Lipinski definition) is 3. The third kappa shape index (κ3) is 3.54. The number of amides is 2. The van der Waals surface area contributed by atoms with Gasteiger partial charge in [-0.2, -0.15) is 5.10 Å². The molecule has 2 aromatic rings. The molecule has 0 spiro atoms. The molecule has 1 aliphatic heterocycles. The lowest BCUT2D eigenvalue weighted by molar-refractivity contribution is 0.0651. The molecule has 126 valence electrons. The first kappa shape index (κ1) is 16.0. The fourth-order valence-corrected chi connectivity index (χ4v) is 2.51. The topological polar surface area (TPSA) is 99.4 Å². The smallest absolute Gasteiger partial charge is 0.426 e. The second-order valence-electron chi connectivity index (χ2n) is 5.49. The van der Waals surface area contributed by atoms with Crippen molar-refractivity contribution in [3.05, 3.63) is 52.8 Å². The number of rotatable bonds is 3. The molecular formula is C16H19N5O3. The van der Waals surface area contributed by atoms with Gasteiger partial charge in [0.25, 0.3) is 5.91 Å². The van der Waals surface area contributed by atoms with Crippen LogP contribution in [0.4, 0.5) is 4.79 Å². The summed E-state index contributed by atoms with van der Waals surface area (Å²) >= 11 is 0. The lowest BCUT2D eigenvalue weighted by atomic mass is 10.1. The van der Waals surface area contributed by atoms with Gasteiger partial charge in [-0.25, -0.2) is 15.2 Å². The molecule has 1 aliphatic rings. The molecule has 3 N–H and O–H groups in total. The van der Waals surface area contributed by atoms with Crippen LogP contribution < -0.4 is 10.7 Å². The first-order valence-corrected chi connectivity index (χ1v) is 7.67. The van der Waals surface area contributed by atoms with Gasteiger partial charge in [-0.05, 0) is 5.56 Å². The van der Waals surface area contributed by atoms with Crippen LogP contribution in [0.25, 0.3) is 0 Å². The molecule has 0 radical (unpaired) electrons. The van der Waals surface area contributed by atoms with Crippen LogP contribution in [-0.4, -0.2) is 40.8 Å². The second-order valence-corrected chi connectivity index (χ2v) is 5.49. The summed E-state index contributed by atoms with van der Waals surface area (Å²) < 4.78 is 5.10. The summed E-state index contributed by atoms with van der Waals surface area (Å²) in [4.78, 5) is 24.3. The number of carbonyl (C=O) groups excluding carboxylic acids is 2. The average molecular weight is 329 g/mol. The Hall–Kier alpha value is -2.87. The van der Waals surface area contributed by atoms with E-state index >= 15 is 0 Å². The summed E-state index contributed by atoms with van der Waals surface area (Å²) in [5, 5.41) is 11.2. The highest BCUT2D eigenvalue weighted by Gasteiger charge is 2.24. The van der Waals surface area contributed by atoms with Crippen molar-refractivity contribution in [1.82, 2.24) is 25.9 Å². The summed E-state index contributed by atoms with van der Waals surface area (Å²) in [5.74, 6) is -0.371. The van der Waals surface area contributed by atoms with E-state index in [2.05, 4.69) is 20.9 Å². The van der Waals surface area contributed by atoms with Crippen molar-refractivity contribution in [3.8, 4) is 0 Å². The third-order valence-electron chi connectivity index (χ3n) is 3.78. The SMILES string of the molecule is CN(NC(=O)OCc1ccccc1)C(=O)c1[nH]nc2c1CNCC2. The van der Waals surface area contributed by atoms with Gasteiger partial charge in [-0.15, -0.1) is 0 Å². The molecule has 0 saturated carbocycles. The Kier molecular flexibility index (Phi) is 4.76. The Bertz CT molecular complexity index is 729. The van der Waals surface area contributed by atoms with Gasteiger partial charge in [0.15, 0.2) is 0 Å². The molecule has 0 fully saturated rings. The van der Waals surface area contributed by atoms with Crippen molar-refractivity contribution in [2.24, 2.45) is 0 Å². The van der Waals surface area contributed by atoms with Gasteiger partial charge in [-0.3, -0.25) is 9.89 Å². The number of fused-ring (bicyclic) bond motifs is 1. The maximum atomic E-state index is 12.4. The number of carbonyl (C=O) groups is 2. The number of aromatic amines is 1. The van der Waals surface area contributed by atoms with Crippen LogP contribution in [0.2, 0.25) is 0 Å². The Morgan fingerprint density at radius 2 is 2.12 bits per heavy atom. The normalized spacial score (nSPS) is 13.0. The number of hydrogen-bond acceptors (Lipinski definition) is 5. The largest absolute Gasteiger partial charge is 0.443 e. The van der Waals surface area contributed by atoms with Crippen molar-refractivity contribution >= 4 is 12.0 Å². The van der Waals surface area contributed by atoms with Crippen molar-refractivity contribution in [1.29, 1.82) is 0 Å². The van der Waals surface area contributed by atoms with Gasteiger partial charge in [0, 0.05) is 32.1 Å². The molecule has 8 nitrogen and oxygen atoms in total. The maximum absolute atomic E-state index is 12.4. The standard InChI is InChI=1S/C16H19N5O3/c1-21(20-16(23)24-10-11-5-3-2-4-6-11)15(22)14-12-9-17-8-7-13(12)18-19-14/h2-6,17H,7-10H2,1H3,(H,18,19)(H,20,23). The average Bonchev–Trinajstić information content (AvgIpc) is 3.04. The Morgan fingerprint density at radius 1 is 1.33 bits per heavy atom. The van der Waals surface area contributed by atoms with Gasteiger partial charge in [-0.1, -0.05) is 30.3 Å². The van der Waals surface area contributed by atoms with Crippen molar-refractivity contribution in [2.75, 3.05) is 13.6 Å². The summed E-state index contributed by atoms with van der Waals surface area (Å²) in [7, 11) is 1.47. The van der Waals surface area contributed by atoms with E-state index in [0.717, 1.165) is 34.8 Å². The molecule has 0 unspecified atom stereocenters. The van der Waals surface area contributed by atoms with Crippen molar-refractivity contribution < 1.29 is 14.3 Å². The minimum absolute atomic E-state index is 0.137. The van der Waals surface area contributed by atoms with Crippen molar-refractivity contribution in [2.45, 2.75) is 19.6 Å². The molecule has 24 heavy (non-hydrogen) atoms. The summed E-state index contributed by atoms with van der Waals surface area (Å²) in [6.45, 7) is 1.56. The highest BCUT2D eigenvalue weighted by molar-refractivity contribution is 5.94. The third-order valence-corrected chi connectivity index (χ3v) is 3.78. The van der Waals surface area contributed by atoms with Gasteiger partial charge in [0.05, 0.1) is 5.69 Å². The van der Waals surface area contributed by atoms with Crippen LogP contribution in [-0.2, 0) is 24.3 Å². The quantitative estimate of drug-likeness (QED) is 0.729. The highest BCUT2D eigenvalue weighted by Crippen LogP contribution is 2.16. The number of nitrogens with one attached hydrogen (secondary N) is 3. The lowest BCUT2D eigenvalue weighted by Gasteiger charge is -2.19. The van der Waals surface area contributed by atoms with Crippen LogP contribution >= 0.6 is 0 Å². The summed E-state index contributed by atoms with van der Waals surface area (Å²) in [6.07, 6.45) is 0.0799. The van der Waals surface area contributed by atoms with E-state index in [4.69, 9.17) is 4.74 Å². The number of benzene rings is 1. The molecule has 2 amide bonds. The number of H-pyrrole nitrogens is 1. The van der Waals surface area contributed by atoms with Gasteiger partial charge < -0.3 is 10.1 Å². The molecule has 0 aliphatic carbocycles. The van der Waals surface area contributed by atoms with E-state index in [1.807, 2.05) is 30.3 Å². The van der Waals surface area contributed by atoms with E-state index in [0.29, 0.717) is 12.2 Å². The number of hydrazine groups is 1. The molecular weight excluding hydrogens is 310 g/mol. The molecule has 1 aromatic carbocycles. The van der Waals surface area contributed by atoms with E-state index in [1.54, 1.807) is 0 Å². The molecule has 0 saturated heterocycles. The Labute approximate surface area is 139 Å². The zero-order valence-corrected chi connectivity index (χ0v) is 13.3. The van der Waals surface area contributed by atoms with Crippen LogP contribution in [0, 0.1) is 0 Å². The molecule has 0 bridgehead atoms. The van der Waals surface area contributed by atoms with E-state index in [9.17, 15) is 9.59 Å². The monoisotopic (exact) mass is 329 g/mol. The number of nitrogens with zero attached hydrogens (tertiary/aromatic N) is 2. The minimum atomic E-state index is -0.693. The second kappa shape index (κ2) is 7.14. The van der Waals surface area contributed by atoms with E-state index < -0.39 is 6.09 Å². The fraction of sp³-hybridized carbons (Fsp3) is 0.312. The maximum Gasteiger partial charge on any atom is 0.426 e. The predicted molar refractivity (Wildman–Crippen MR) is 85.9 cm³/mol. The van der Waals surface area contributed by atoms with Crippen LogP contribution in [0.15, 0.2) is 30.3 Å². The first-order chi connectivity index (χ1) is 11.6. The van der Waals surface area contributed by atoms with E-state index in [-0.39, 0.29) is 12.5 Å². The van der Waals surface area contributed by atoms with Crippen molar-refractivity contribution in [3.63, 3.8) is 0 Å². The zero-order chi connectivity index (χ0) is 16.9. The summed E-state index contributed by atoms with van der Waals surface area (Å²) in [6, 6.07) is 9.32.